The Morgan fingerprint density at radius 3 is 2.22 bits per heavy atom. The van der Waals surface area contributed by atoms with Crippen molar-refractivity contribution in [3.05, 3.63) is 12.2 Å². The van der Waals surface area contributed by atoms with Gasteiger partial charge in [0.2, 0.25) is 0 Å². The SMILES string of the molecule is C[C@H]1[C@H]([C@](C)(O)C/C=C/C(C)(C)O)CC[C@@]1(C)O. The van der Waals surface area contributed by atoms with E-state index in [0.29, 0.717) is 6.42 Å². The van der Waals surface area contributed by atoms with Gasteiger partial charge in [-0.05, 0) is 58.8 Å². The van der Waals surface area contributed by atoms with E-state index in [-0.39, 0.29) is 11.8 Å². The normalized spacial score (nSPS) is 37.1. The van der Waals surface area contributed by atoms with Crippen molar-refractivity contribution >= 4 is 0 Å². The largest absolute Gasteiger partial charge is 0.390 e. The van der Waals surface area contributed by atoms with E-state index in [1.807, 2.05) is 26.8 Å². The van der Waals surface area contributed by atoms with Crippen LogP contribution in [0.25, 0.3) is 0 Å². The van der Waals surface area contributed by atoms with E-state index in [4.69, 9.17) is 0 Å². The van der Waals surface area contributed by atoms with Crippen molar-refractivity contribution in [2.24, 2.45) is 11.8 Å². The van der Waals surface area contributed by atoms with Gasteiger partial charge in [0.1, 0.15) is 0 Å². The first-order chi connectivity index (χ1) is 7.96. The first kappa shape index (κ1) is 15.7. The van der Waals surface area contributed by atoms with Crippen LogP contribution >= 0.6 is 0 Å². The van der Waals surface area contributed by atoms with Crippen LogP contribution in [0.15, 0.2) is 12.2 Å². The van der Waals surface area contributed by atoms with Crippen LogP contribution in [-0.2, 0) is 0 Å². The summed E-state index contributed by atoms with van der Waals surface area (Å²) in [4.78, 5) is 0. The third-order valence-corrected chi connectivity index (χ3v) is 4.40. The molecule has 0 radical (unpaired) electrons. The first-order valence-corrected chi connectivity index (χ1v) is 6.80. The van der Waals surface area contributed by atoms with Crippen molar-refractivity contribution < 1.29 is 15.3 Å². The van der Waals surface area contributed by atoms with Crippen LogP contribution < -0.4 is 0 Å². The molecule has 106 valence electrons. The highest BCUT2D eigenvalue weighted by Gasteiger charge is 2.47. The lowest BCUT2D eigenvalue weighted by Gasteiger charge is -2.35. The molecule has 0 aromatic carbocycles. The standard InChI is InChI=1S/C15H28O3/c1-11-12(7-10-14(11,4)17)15(5,18)9-6-8-13(2,3)16/h6,8,11-12,16-18H,7,9-10H2,1-5H3/b8-6+/t11-,12+,14+,15+/m0/s1. The molecule has 3 nitrogen and oxygen atoms in total. The summed E-state index contributed by atoms with van der Waals surface area (Å²) in [6.07, 6.45) is 5.63. The van der Waals surface area contributed by atoms with Crippen molar-refractivity contribution in [3.8, 4) is 0 Å². The quantitative estimate of drug-likeness (QED) is 0.676. The molecule has 18 heavy (non-hydrogen) atoms. The lowest BCUT2D eigenvalue weighted by molar-refractivity contribution is -0.0485. The molecule has 0 aliphatic heterocycles. The van der Waals surface area contributed by atoms with Crippen LogP contribution in [0.2, 0.25) is 0 Å². The first-order valence-electron chi connectivity index (χ1n) is 6.80. The number of rotatable bonds is 4. The smallest absolute Gasteiger partial charge is 0.0771 e. The van der Waals surface area contributed by atoms with Crippen molar-refractivity contribution in [2.75, 3.05) is 0 Å². The van der Waals surface area contributed by atoms with E-state index in [2.05, 4.69) is 0 Å². The van der Waals surface area contributed by atoms with Crippen LogP contribution in [0, 0.1) is 11.8 Å². The zero-order valence-corrected chi connectivity index (χ0v) is 12.3. The highest BCUT2D eigenvalue weighted by molar-refractivity contribution is 5.04. The van der Waals surface area contributed by atoms with Gasteiger partial charge in [-0.1, -0.05) is 19.1 Å². The van der Waals surface area contributed by atoms with E-state index in [1.165, 1.54) is 0 Å². The molecule has 1 aliphatic rings. The molecule has 0 bridgehead atoms. The van der Waals surface area contributed by atoms with Crippen molar-refractivity contribution in [3.63, 3.8) is 0 Å². The Hall–Kier alpha value is -0.380. The summed E-state index contributed by atoms with van der Waals surface area (Å²) in [5, 5.41) is 30.4. The molecule has 0 unspecified atom stereocenters. The molecule has 0 saturated heterocycles. The minimum atomic E-state index is -0.844. The zero-order chi connectivity index (χ0) is 14.2. The predicted octanol–water partition coefficient (Wildman–Crippen LogP) is 2.25. The van der Waals surface area contributed by atoms with Gasteiger partial charge in [-0.25, -0.2) is 0 Å². The summed E-state index contributed by atoms with van der Waals surface area (Å²) in [5.74, 6) is 0.182. The fraction of sp³-hybridized carbons (Fsp3) is 0.867. The lowest BCUT2D eigenvalue weighted by Crippen LogP contribution is -2.40. The Balaban J connectivity index is 2.68. The predicted molar refractivity (Wildman–Crippen MR) is 73.2 cm³/mol. The van der Waals surface area contributed by atoms with E-state index >= 15 is 0 Å². The molecule has 1 saturated carbocycles. The molecule has 0 aromatic rings. The number of hydrogen-bond donors (Lipinski definition) is 3. The lowest BCUT2D eigenvalue weighted by atomic mass is 9.77. The molecule has 4 atom stereocenters. The van der Waals surface area contributed by atoms with Crippen molar-refractivity contribution in [1.29, 1.82) is 0 Å². The van der Waals surface area contributed by atoms with Crippen LogP contribution in [0.4, 0.5) is 0 Å². The monoisotopic (exact) mass is 256 g/mol. The number of hydrogen-bond acceptors (Lipinski definition) is 3. The van der Waals surface area contributed by atoms with Crippen LogP contribution in [0.5, 0.6) is 0 Å². The van der Waals surface area contributed by atoms with E-state index < -0.39 is 16.8 Å². The maximum Gasteiger partial charge on any atom is 0.0771 e. The van der Waals surface area contributed by atoms with Crippen LogP contribution in [0.3, 0.4) is 0 Å². The zero-order valence-electron chi connectivity index (χ0n) is 12.3. The summed E-state index contributed by atoms with van der Waals surface area (Å²) < 4.78 is 0. The fourth-order valence-electron chi connectivity index (χ4n) is 2.95. The highest BCUT2D eigenvalue weighted by Crippen LogP contribution is 2.46. The molecule has 3 N–H and O–H groups in total. The second kappa shape index (κ2) is 4.95. The second-order valence-electron chi connectivity index (χ2n) is 6.91. The summed E-state index contributed by atoms with van der Waals surface area (Å²) in [6, 6.07) is 0. The van der Waals surface area contributed by atoms with Gasteiger partial charge < -0.3 is 15.3 Å². The van der Waals surface area contributed by atoms with Gasteiger partial charge in [0.25, 0.3) is 0 Å². The molecule has 3 heteroatoms. The molecule has 1 rings (SSSR count). The average Bonchev–Trinajstić information content (AvgIpc) is 2.39. The summed E-state index contributed by atoms with van der Waals surface area (Å²) >= 11 is 0. The van der Waals surface area contributed by atoms with Crippen molar-refractivity contribution in [2.45, 2.75) is 70.7 Å². The average molecular weight is 256 g/mol. The Labute approximate surface area is 111 Å². The Morgan fingerprint density at radius 1 is 1.28 bits per heavy atom. The maximum absolute atomic E-state index is 10.6. The van der Waals surface area contributed by atoms with E-state index in [0.717, 1.165) is 12.8 Å². The molecular weight excluding hydrogens is 228 g/mol. The van der Waals surface area contributed by atoms with Gasteiger partial charge in [-0.15, -0.1) is 0 Å². The van der Waals surface area contributed by atoms with Crippen molar-refractivity contribution in [1.82, 2.24) is 0 Å². The minimum Gasteiger partial charge on any atom is -0.390 e. The summed E-state index contributed by atoms with van der Waals surface area (Å²) in [7, 11) is 0. The molecule has 0 aromatic heterocycles. The Bertz CT molecular complexity index is 310. The summed E-state index contributed by atoms with van der Waals surface area (Å²) in [5.41, 5.74) is -2.35. The summed E-state index contributed by atoms with van der Waals surface area (Å²) in [6.45, 7) is 9.10. The molecule has 1 fully saturated rings. The Kier molecular flexibility index (Phi) is 4.31. The van der Waals surface area contributed by atoms with Gasteiger partial charge in [0.15, 0.2) is 0 Å². The topological polar surface area (TPSA) is 60.7 Å². The molecular formula is C15H28O3. The Morgan fingerprint density at radius 2 is 1.83 bits per heavy atom. The minimum absolute atomic E-state index is 0.0861. The number of aliphatic hydroxyl groups is 3. The van der Waals surface area contributed by atoms with Gasteiger partial charge in [-0.3, -0.25) is 0 Å². The van der Waals surface area contributed by atoms with Crippen LogP contribution in [0.1, 0.15) is 53.9 Å². The molecule has 0 heterocycles. The third-order valence-electron chi connectivity index (χ3n) is 4.40. The molecule has 0 amide bonds. The van der Waals surface area contributed by atoms with Gasteiger partial charge >= 0.3 is 0 Å². The molecule has 0 spiro atoms. The highest BCUT2D eigenvalue weighted by atomic mass is 16.3. The molecule has 1 aliphatic carbocycles. The van der Waals surface area contributed by atoms with Gasteiger partial charge in [-0.2, -0.15) is 0 Å². The second-order valence-corrected chi connectivity index (χ2v) is 6.91. The fourth-order valence-corrected chi connectivity index (χ4v) is 2.95. The van der Waals surface area contributed by atoms with Gasteiger partial charge in [0, 0.05) is 0 Å². The van der Waals surface area contributed by atoms with E-state index in [9.17, 15) is 15.3 Å². The van der Waals surface area contributed by atoms with Crippen LogP contribution in [-0.4, -0.2) is 32.1 Å². The van der Waals surface area contributed by atoms with E-state index in [1.54, 1.807) is 19.9 Å². The maximum atomic E-state index is 10.6. The third kappa shape index (κ3) is 3.81. The van der Waals surface area contributed by atoms with Gasteiger partial charge in [0.05, 0.1) is 16.8 Å².